The summed E-state index contributed by atoms with van der Waals surface area (Å²) >= 11 is 0. The smallest absolute Gasteiger partial charge is 0.00930 e. The van der Waals surface area contributed by atoms with Gasteiger partial charge in [0.25, 0.3) is 0 Å². The van der Waals surface area contributed by atoms with Crippen molar-refractivity contribution in [1.82, 2.24) is 0 Å². The number of benzene rings is 2. The Balaban J connectivity index is 1.54. The van der Waals surface area contributed by atoms with Crippen LogP contribution in [0.25, 0.3) is 0 Å². The van der Waals surface area contributed by atoms with Crippen molar-refractivity contribution in [2.24, 2.45) is 5.92 Å². The molecule has 0 aliphatic heterocycles. The van der Waals surface area contributed by atoms with Gasteiger partial charge in [0.15, 0.2) is 0 Å². The molecule has 0 spiro atoms. The van der Waals surface area contributed by atoms with Gasteiger partial charge >= 0.3 is 0 Å². The Morgan fingerprint density at radius 3 is 2.47 bits per heavy atom. The Labute approximate surface area is 115 Å². The van der Waals surface area contributed by atoms with E-state index >= 15 is 0 Å². The molecule has 2 aromatic carbocycles. The molecule has 0 heterocycles. The Bertz CT molecular complexity index is 548. The van der Waals surface area contributed by atoms with E-state index in [0.717, 1.165) is 18.3 Å². The van der Waals surface area contributed by atoms with Crippen LogP contribution in [0.1, 0.15) is 29.0 Å². The first kappa shape index (κ1) is 12.2. The van der Waals surface area contributed by atoms with E-state index in [2.05, 4.69) is 73.7 Å². The van der Waals surface area contributed by atoms with Crippen LogP contribution in [0.5, 0.6) is 0 Å². The summed E-state index contributed by atoms with van der Waals surface area (Å²) in [6.07, 6.45) is 7.10. The predicted molar refractivity (Wildman–Crippen MR) is 81.3 cm³/mol. The lowest BCUT2D eigenvalue weighted by Gasteiger charge is -1.99. The van der Waals surface area contributed by atoms with Gasteiger partial charge in [0.2, 0.25) is 0 Å². The van der Waals surface area contributed by atoms with Crippen LogP contribution in [-0.4, -0.2) is 0 Å². The van der Waals surface area contributed by atoms with Crippen LogP contribution in [0.2, 0.25) is 0 Å². The van der Waals surface area contributed by atoms with Gasteiger partial charge in [0.1, 0.15) is 0 Å². The third-order valence-electron chi connectivity index (χ3n) is 3.92. The minimum atomic E-state index is 0.756. The Morgan fingerprint density at radius 1 is 1.00 bits per heavy atom. The summed E-state index contributed by atoms with van der Waals surface area (Å²) in [6, 6.07) is 19.7. The van der Waals surface area contributed by atoms with Crippen LogP contribution in [0, 0.1) is 12.8 Å². The monoisotopic (exact) mass is 248 g/mol. The van der Waals surface area contributed by atoms with Gasteiger partial charge in [-0.15, -0.1) is 0 Å². The van der Waals surface area contributed by atoms with Gasteiger partial charge < -0.3 is 0 Å². The van der Waals surface area contributed by atoms with E-state index < -0.39 is 0 Å². The summed E-state index contributed by atoms with van der Waals surface area (Å²) in [5.74, 6) is 1.51. The van der Waals surface area contributed by atoms with Crippen molar-refractivity contribution in [3.63, 3.8) is 0 Å². The maximum Gasteiger partial charge on any atom is -0.00930 e. The molecule has 2 atom stereocenters. The molecule has 0 radical (unpaired) electrons. The second-order valence-electron chi connectivity index (χ2n) is 5.53. The zero-order chi connectivity index (χ0) is 13.1. The average Bonchev–Trinajstić information content (AvgIpc) is 3.20. The lowest BCUT2D eigenvalue weighted by atomic mass is 10.1. The summed E-state index contributed by atoms with van der Waals surface area (Å²) in [7, 11) is 0. The van der Waals surface area contributed by atoms with Crippen molar-refractivity contribution >= 4 is 0 Å². The van der Waals surface area contributed by atoms with Gasteiger partial charge in [-0.05, 0) is 42.7 Å². The van der Waals surface area contributed by atoms with Crippen molar-refractivity contribution in [2.45, 2.75) is 25.7 Å². The SMILES string of the molecule is Cc1ccc([C@@H]2C[C@@H]2/C=C/Cc2ccccc2)cc1. The van der Waals surface area contributed by atoms with Crippen LogP contribution in [0.15, 0.2) is 66.7 Å². The molecule has 1 fully saturated rings. The Kier molecular flexibility index (Phi) is 3.50. The molecule has 0 amide bonds. The molecule has 1 aliphatic carbocycles. The van der Waals surface area contributed by atoms with E-state index in [9.17, 15) is 0 Å². The van der Waals surface area contributed by atoms with Crippen molar-refractivity contribution < 1.29 is 0 Å². The van der Waals surface area contributed by atoms with E-state index in [4.69, 9.17) is 0 Å². The molecule has 0 nitrogen and oxygen atoms in total. The third-order valence-corrected chi connectivity index (χ3v) is 3.92. The van der Waals surface area contributed by atoms with Crippen molar-refractivity contribution in [1.29, 1.82) is 0 Å². The summed E-state index contributed by atoms with van der Waals surface area (Å²) < 4.78 is 0. The molecule has 3 rings (SSSR count). The number of aryl methyl sites for hydroxylation is 1. The van der Waals surface area contributed by atoms with E-state index in [0.29, 0.717) is 0 Å². The number of hydrogen-bond acceptors (Lipinski definition) is 0. The Hall–Kier alpha value is -1.82. The quantitative estimate of drug-likeness (QED) is 0.675. The van der Waals surface area contributed by atoms with Gasteiger partial charge in [-0.3, -0.25) is 0 Å². The van der Waals surface area contributed by atoms with E-state index in [-0.39, 0.29) is 0 Å². The van der Waals surface area contributed by atoms with Crippen molar-refractivity contribution in [2.75, 3.05) is 0 Å². The van der Waals surface area contributed by atoms with E-state index in [1.54, 1.807) is 0 Å². The number of allylic oxidation sites excluding steroid dienone is 2. The highest BCUT2D eigenvalue weighted by Gasteiger charge is 2.35. The molecule has 19 heavy (non-hydrogen) atoms. The van der Waals surface area contributed by atoms with E-state index in [1.807, 2.05) is 0 Å². The summed E-state index contributed by atoms with van der Waals surface area (Å²) in [4.78, 5) is 0. The maximum absolute atomic E-state index is 2.40. The van der Waals surface area contributed by atoms with Crippen LogP contribution >= 0.6 is 0 Å². The summed E-state index contributed by atoms with van der Waals surface area (Å²) in [5.41, 5.74) is 4.24. The fraction of sp³-hybridized carbons (Fsp3) is 0.263. The molecule has 0 heteroatoms. The number of rotatable bonds is 4. The van der Waals surface area contributed by atoms with Crippen molar-refractivity contribution in [3.05, 3.63) is 83.4 Å². The zero-order valence-electron chi connectivity index (χ0n) is 11.4. The molecular formula is C19H20. The summed E-state index contributed by atoms with van der Waals surface area (Å²) in [5, 5.41) is 0. The second-order valence-corrected chi connectivity index (χ2v) is 5.53. The highest BCUT2D eigenvalue weighted by Crippen LogP contribution is 2.48. The van der Waals surface area contributed by atoms with Gasteiger partial charge in [-0.1, -0.05) is 72.3 Å². The molecule has 0 saturated heterocycles. The molecule has 96 valence electrons. The van der Waals surface area contributed by atoms with Crippen LogP contribution in [0.3, 0.4) is 0 Å². The lowest BCUT2D eigenvalue weighted by Crippen LogP contribution is -1.83. The minimum absolute atomic E-state index is 0.756. The normalized spacial score (nSPS) is 21.7. The molecule has 0 N–H and O–H groups in total. The second kappa shape index (κ2) is 5.44. The Morgan fingerprint density at radius 2 is 1.74 bits per heavy atom. The van der Waals surface area contributed by atoms with Gasteiger partial charge in [-0.25, -0.2) is 0 Å². The molecule has 1 saturated carbocycles. The first-order valence-electron chi connectivity index (χ1n) is 7.10. The molecule has 0 aromatic heterocycles. The van der Waals surface area contributed by atoms with Gasteiger partial charge in [-0.2, -0.15) is 0 Å². The molecule has 1 aliphatic rings. The van der Waals surface area contributed by atoms with Gasteiger partial charge in [0.05, 0.1) is 0 Å². The lowest BCUT2D eigenvalue weighted by molar-refractivity contribution is 1.00. The zero-order valence-corrected chi connectivity index (χ0v) is 11.4. The highest BCUT2D eigenvalue weighted by molar-refractivity contribution is 5.31. The van der Waals surface area contributed by atoms with Crippen LogP contribution in [-0.2, 0) is 6.42 Å². The minimum Gasteiger partial charge on any atom is -0.0845 e. The first-order chi connectivity index (χ1) is 9.33. The van der Waals surface area contributed by atoms with Gasteiger partial charge in [0, 0.05) is 0 Å². The van der Waals surface area contributed by atoms with Crippen molar-refractivity contribution in [3.8, 4) is 0 Å². The molecule has 0 bridgehead atoms. The first-order valence-corrected chi connectivity index (χ1v) is 7.10. The topological polar surface area (TPSA) is 0 Å². The average molecular weight is 248 g/mol. The largest absolute Gasteiger partial charge is 0.0845 e. The fourth-order valence-corrected chi connectivity index (χ4v) is 2.62. The highest BCUT2D eigenvalue weighted by atomic mass is 14.4. The fourth-order valence-electron chi connectivity index (χ4n) is 2.62. The number of hydrogen-bond donors (Lipinski definition) is 0. The molecule has 0 unspecified atom stereocenters. The standard InChI is InChI=1S/C19H20/c1-15-10-12-17(13-11-15)19-14-18(19)9-5-8-16-6-3-2-4-7-16/h2-7,9-13,18-19H,8,14H2,1H3/b9-5+/t18-,19-/m0/s1. The summed E-state index contributed by atoms with van der Waals surface area (Å²) in [6.45, 7) is 2.15. The predicted octanol–water partition coefficient (Wildman–Crippen LogP) is 4.90. The van der Waals surface area contributed by atoms with Crippen LogP contribution in [0.4, 0.5) is 0 Å². The van der Waals surface area contributed by atoms with Crippen LogP contribution < -0.4 is 0 Å². The molecular weight excluding hydrogens is 228 g/mol. The third kappa shape index (κ3) is 3.14. The maximum atomic E-state index is 2.40. The van der Waals surface area contributed by atoms with E-state index in [1.165, 1.54) is 23.1 Å². The molecule has 2 aromatic rings.